The molecule has 0 aliphatic carbocycles. The molecule has 0 atom stereocenters. The van der Waals surface area contributed by atoms with E-state index in [0.29, 0.717) is 0 Å². The first kappa shape index (κ1) is 12.9. The lowest BCUT2D eigenvalue weighted by atomic mass is 10.2. The second-order valence-electron chi connectivity index (χ2n) is 3.19. The first-order valence-electron chi connectivity index (χ1n) is 5.85. The molecule has 2 rings (SSSR count). The first-order chi connectivity index (χ1) is 7.83. The van der Waals surface area contributed by atoms with Crippen molar-refractivity contribution in [2.75, 3.05) is 0 Å². The molecule has 16 heavy (non-hydrogen) atoms. The SMILES string of the molecule is C/C=C/c1ccc2sc(CC)nc2c1.CC. The molecule has 0 radical (unpaired) electrons. The minimum atomic E-state index is 1.03. The minimum Gasteiger partial charge on any atom is -0.241 e. The fourth-order valence-corrected chi connectivity index (χ4v) is 2.33. The minimum absolute atomic E-state index is 1.03. The molecule has 2 aromatic rings. The van der Waals surface area contributed by atoms with Gasteiger partial charge in [-0.05, 0) is 31.0 Å². The van der Waals surface area contributed by atoms with Crippen LogP contribution in [0, 0.1) is 0 Å². The van der Waals surface area contributed by atoms with Gasteiger partial charge in [-0.3, -0.25) is 0 Å². The molecule has 86 valence electrons. The maximum Gasteiger partial charge on any atom is 0.0935 e. The second-order valence-corrected chi connectivity index (χ2v) is 4.30. The molecule has 0 aliphatic heterocycles. The Morgan fingerprint density at radius 2 is 2.06 bits per heavy atom. The molecule has 0 saturated carbocycles. The monoisotopic (exact) mass is 233 g/mol. The third-order valence-corrected chi connectivity index (χ3v) is 3.30. The van der Waals surface area contributed by atoms with E-state index >= 15 is 0 Å². The third-order valence-electron chi connectivity index (χ3n) is 2.12. The molecule has 1 aromatic carbocycles. The lowest BCUT2D eigenvalue weighted by molar-refractivity contribution is 1.11. The fraction of sp³-hybridized carbons (Fsp3) is 0.357. The first-order valence-corrected chi connectivity index (χ1v) is 6.67. The molecule has 2 heteroatoms. The summed E-state index contributed by atoms with van der Waals surface area (Å²) in [5.41, 5.74) is 2.36. The highest BCUT2D eigenvalue weighted by Crippen LogP contribution is 2.23. The van der Waals surface area contributed by atoms with Crippen molar-refractivity contribution in [3.63, 3.8) is 0 Å². The van der Waals surface area contributed by atoms with Crippen LogP contribution in [0.15, 0.2) is 24.3 Å². The number of rotatable bonds is 2. The summed E-state index contributed by atoms with van der Waals surface area (Å²) in [6.45, 7) is 8.17. The van der Waals surface area contributed by atoms with Crippen LogP contribution >= 0.6 is 11.3 Å². The Morgan fingerprint density at radius 3 is 2.69 bits per heavy atom. The molecular formula is C14H19NS. The summed E-state index contributed by atoms with van der Waals surface area (Å²) < 4.78 is 1.29. The molecule has 0 spiro atoms. The van der Waals surface area contributed by atoms with Crippen LogP contribution in [0.2, 0.25) is 0 Å². The van der Waals surface area contributed by atoms with Gasteiger partial charge in [0.1, 0.15) is 0 Å². The Bertz CT molecular complexity index is 469. The quantitative estimate of drug-likeness (QED) is 0.717. The average Bonchev–Trinajstić information content (AvgIpc) is 2.74. The van der Waals surface area contributed by atoms with Gasteiger partial charge in [0, 0.05) is 0 Å². The van der Waals surface area contributed by atoms with Crippen molar-refractivity contribution >= 4 is 27.6 Å². The highest BCUT2D eigenvalue weighted by molar-refractivity contribution is 7.18. The Labute approximate surface area is 102 Å². The largest absolute Gasteiger partial charge is 0.241 e. The summed E-state index contributed by atoms with van der Waals surface area (Å²) in [6.07, 6.45) is 5.18. The van der Waals surface area contributed by atoms with E-state index < -0.39 is 0 Å². The van der Waals surface area contributed by atoms with Crippen LogP contribution < -0.4 is 0 Å². The third kappa shape index (κ3) is 2.92. The van der Waals surface area contributed by atoms with Crippen LogP contribution in [-0.2, 0) is 6.42 Å². The van der Waals surface area contributed by atoms with E-state index in [2.05, 4.69) is 36.2 Å². The summed E-state index contributed by atoms with van der Waals surface area (Å²) in [5.74, 6) is 0. The number of hydrogen-bond donors (Lipinski definition) is 0. The maximum absolute atomic E-state index is 4.56. The molecule has 1 heterocycles. The van der Waals surface area contributed by atoms with E-state index in [1.165, 1.54) is 15.3 Å². The van der Waals surface area contributed by atoms with Crippen molar-refractivity contribution in [1.82, 2.24) is 4.98 Å². The van der Waals surface area contributed by atoms with Gasteiger partial charge in [-0.1, -0.05) is 39.0 Å². The highest BCUT2D eigenvalue weighted by Gasteiger charge is 2.01. The Balaban J connectivity index is 0.000000606. The Hall–Kier alpha value is -1.15. The molecule has 1 aromatic heterocycles. The lowest BCUT2D eigenvalue weighted by Gasteiger charge is -1.91. The zero-order chi connectivity index (χ0) is 12.0. The number of thiazole rings is 1. The van der Waals surface area contributed by atoms with Crippen molar-refractivity contribution in [3.8, 4) is 0 Å². The van der Waals surface area contributed by atoms with Gasteiger partial charge in [0.05, 0.1) is 15.2 Å². The van der Waals surface area contributed by atoms with Crippen LogP contribution in [-0.4, -0.2) is 4.98 Å². The number of benzene rings is 1. The Morgan fingerprint density at radius 1 is 1.31 bits per heavy atom. The molecule has 0 N–H and O–H groups in total. The van der Waals surface area contributed by atoms with Gasteiger partial charge in [-0.15, -0.1) is 11.3 Å². The normalized spacial score (nSPS) is 10.5. The summed E-state index contributed by atoms with van der Waals surface area (Å²) in [6, 6.07) is 6.44. The van der Waals surface area contributed by atoms with Gasteiger partial charge >= 0.3 is 0 Å². The molecule has 1 nitrogen and oxygen atoms in total. The number of nitrogens with zero attached hydrogens (tertiary/aromatic N) is 1. The second kappa shape index (κ2) is 6.44. The topological polar surface area (TPSA) is 12.9 Å². The van der Waals surface area contributed by atoms with Gasteiger partial charge in [-0.2, -0.15) is 0 Å². The number of aromatic nitrogens is 1. The van der Waals surface area contributed by atoms with Crippen molar-refractivity contribution < 1.29 is 0 Å². The fourth-order valence-electron chi connectivity index (χ4n) is 1.44. The van der Waals surface area contributed by atoms with Crippen LogP contribution in [0.4, 0.5) is 0 Å². The van der Waals surface area contributed by atoms with Crippen LogP contribution in [0.3, 0.4) is 0 Å². The van der Waals surface area contributed by atoms with E-state index in [9.17, 15) is 0 Å². The summed E-state index contributed by atoms with van der Waals surface area (Å²) in [5, 5.41) is 1.22. The van der Waals surface area contributed by atoms with Gasteiger partial charge in [0.15, 0.2) is 0 Å². The molecule has 0 fully saturated rings. The number of fused-ring (bicyclic) bond motifs is 1. The zero-order valence-electron chi connectivity index (χ0n) is 10.4. The van der Waals surface area contributed by atoms with Gasteiger partial charge in [0.2, 0.25) is 0 Å². The average molecular weight is 233 g/mol. The molecule has 0 saturated heterocycles. The standard InChI is InChI=1S/C12H13NS.C2H6/c1-3-5-9-6-7-11-10(8-9)13-12(4-2)14-11;1-2/h3,5-8H,4H2,1-2H3;1-2H3/b5-3+;. The number of hydrogen-bond acceptors (Lipinski definition) is 2. The number of allylic oxidation sites excluding steroid dienone is 1. The summed E-state index contributed by atoms with van der Waals surface area (Å²) >= 11 is 1.79. The molecule has 0 bridgehead atoms. The molecule has 0 amide bonds. The van der Waals surface area contributed by atoms with Crippen molar-refractivity contribution in [2.45, 2.75) is 34.1 Å². The Kier molecular flexibility index (Phi) is 5.20. The van der Waals surface area contributed by atoms with Gasteiger partial charge in [-0.25, -0.2) is 4.98 Å². The smallest absolute Gasteiger partial charge is 0.0935 e. The van der Waals surface area contributed by atoms with E-state index in [1.807, 2.05) is 26.8 Å². The van der Waals surface area contributed by atoms with Crippen LogP contribution in [0.5, 0.6) is 0 Å². The predicted octanol–water partition coefficient (Wildman–Crippen LogP) is 4.92. The molecule has 0 aliphatic rings. The van der Waals surface area contributed by atoms with E-state index in [-0.39, 0.29) is 0 Å². The number of aryl methyl sites for hydroxylation is 1. The zero-order valence-corrected chi connectivity index (χ0v) is 11.3. The summed E-state index contributed by atoms with van der Waals surface area (Å²) in [7, 11) is 0. The predicted molar refractivity (Wildman–Crippen MR) is 75.1 cm³/mol. The molecular weight excluding hydrogens is 214 g/mol. The van der Waals surface area contributed by atoms with Crippen LogP contribution in [0.25, 0.3) is 16.3 Å². The van der Waals surface area contributed by atoms with Crippen molar-refractivity contribution in [3.05, 3.63) is 34.8 Å². The van der Waals surface area contributed by atoms with E-state index in [1.54, 1.807) is 11.3 Å². The highest BCUT2D eigenvalue weighted by atomic mass is 32.1. The van der Waals surface area contributed by atoms with Crippen molar-refractivity contribution in [2.24, 2.45) is 0 Å². The lowest BCUT2D eigenvalue weighted by Crippen LogP contribution is -1.75. The van der Waals surface area contributed by atoms with Crippen molar-refractivity contribution in [1.29, 1.82) is 0 Å². The van der Waals surface area contributed by atoms with E-state index in [4.69, 9.17) is 0 Å². The summed E-state index contributed by atoms with van der Waals surface area (Å²) in [4.78, 5) is 4.56. The maximum atomic E-state index is 4.56. The van der Waals surface area contributed by atoms with Crippen LogP contribution in [0.1, 0.15) is 38.3 Å². The van der Waals surface area contributed by atoms with Gasteiger partial charge in [0.25, 0.3) is 0 Å². The van der Waals surface area contributed by atoms with E-state index in [0.717, 1.165) is 11.9 Å². The van der Waals surface area contributed by atoms with Gasteiger partial charge < -0.3 is 0 Å². The molecule has 0 unspecified atom stereocenters.